The van der Waals surface area contributed by atoms with E-state index in [1.807, 2.05) is 24.3 Å². The quantitative estimate of drug-likeness (QED) is 0.288. The number of alkyl carbamates (subject to hydrolysis) is 1. The zero-order valence-corrected chi connectivity index (χ0v) is 25.5. The molecule has 228 valence electrons. The topological polar surface area (TPSA) is 134 Å². The van der Waals surface area contributed by atoms with E-state index in [1.54, 1.807) is 32.6 Å². The van der Waals surface area contributed by atoms with E-state index in [2.05, 4.69) is 36.4 Å². The average molecular weight is 581 g/mol. The van der Waals surface area contributed by atoms with Gasteiger partial charge in [0.25, 0.3) is 5.91 Å². The highest BCUT2D eigenvalue weighted by molar-refractivity contribution is 6.38. The van der Waals surface area contributed by atoms with Gasteiger partial charge < -0.3 is 25.6 Å². The maximum atomic E-state index is 14.3. The summed E-state index contributed by atoms with van der Waals surface area (Å²) < 4.78 is 5.52. The zero-order valence-electron chi connectivity index (χ0n) is 25.5. The number of benzene rings is 1. The molecule has 0 aromatic heterocycles. The average Bonchev–Trinajstić information content (AvgIpc) is 3.28. The number of carbonyl (C=O) groups is 5. The fraction of sp³-hybridized carbons (Fsp3) is 0.594. The molecule has 1 saturated heterocycles. The molecule has 4 unspecified atom stereocenters. The van der Waals surface area contributed by atoms with Gasteiger partial charge in [-0.2, -0.15) is 0 Å². The molecular weight excluding hydrogens is 536 g/mol. The molecule has 3 N–H and O–H groups in total. The molecule has 0 radical (unpaired) electrons. The molecule has 1 heterocycles. The van der Waals surface area contributed by atoms with E-state index in [-0.39, 0.29) is 42.0 Å². The van der Waals surface area contributed by atoms with Gasteiger partial charge >= 0.3 is 6.09 Å². The Kier molecular flexibility index (Phi) is 8.85. The Hall–Kier alpha value is -3.69. The SMILES string of the molecule is C=CCC(NC(=O)C1C2C(CN1C(=O)[C@@H](NC(=O)OC(C)(C)C)C1Cc3ccccc3C1)C2(C)C)C(=O)C(=O)NCC. The molecule has 1 aromatic carbocycles. The summed E-state index contributed by atoms with van der Waals surface area (Å²) in [7, 11) is 0. The van der Waals surface area contributed by atoms with Gasteiger partial charge in [-0.05, 0) is 81.3 Å². The van der Waals surface area contributed by atoms with Crippen LogP contribution in [0.3, 0.4) is 0 Å². The van der Waals surface area contributed by atoms with Gasteiger partial charge in [0.1, 0.15) is 23.7 Å². The fourth-order valence-electron chi connectivity index (χ4n) is 6.70. The minimum atomic E-state index is -1.10. The normalized spacial score (nSPS) is 23.6. The van der Waals surface area contributed by atoms with Crippen LogP contribution in [0.15, 0.2) is 36.9 Å². The Morgan fingerprint density at radius 1 is 1.10 bits per heavy atom. The standard InChI is InChI=1S/C32H44N4O6/c1-8-12-22(26(37)28(39)33-9-2)34-27(38)25-23-21(32(23,6)7)17-36(25)29(40)24(35-30(41)42-31(3,4)5)20-15-18-13-10-11-14-19(18)16-20/h8,10-11,13-14,20-25H,1,9,12,15-17H2,2-7H3,(H,33,39)(H,34,38)(H,35,41)/t21?,22?,23?,24-,25?/m0/s1. The van der Waals surface area contributed by atoms with E-state index < -0.39 is 47.4 Å². The lowest BCUT2D eigenvalue weighted by Crippen LogP contribution is -2.59. The summed E-state index contributed by atoms with van der Waals surface area (Å²) in [5.41, 5.74) is 1.33. The molecule has 3 aliphatic rings. The Bertz CT molecular complexity index is 1240. The first-order valence-corrected chi connectivity index (χ1v) is 14.8. The van der Waals surface area contributed by atoms with Crippen molar-refractivity contribution < 1.29 is 28.7 Å². The van der Waals surface area contributed by atoms with Crippen molar-refractivity contribution >= 4 is 29.6 Å². The van der Waals surface area contributed by atoms with Crippen LogP contribution in [0.2, 0.25) is 0 Å². The van der Waals surface area contributed by atoms with E-state index in [4.69, 9.17) is 4.74 Å². The predicted molar refractivity (Wildman–Crippen MR) is 157 cm³/mol. The molecule has 5 atom stereocenters. The number of Topliss-reactive ketones (excluding diaryl/α,β-unsaturated/α-hetero) is 1. The number of fused-ring (bicyclic) bond motifs is 2. The van der Waals surface area contributed by atoms with Crippen LogP contribution in [0.5, 0.6) is 0 Å². The maximum absolute atomic E-state index is 14.3. The van der Waals surface area contributed by atoms with E-state index in [9.17, 15) is 24.0 Å². The molecule has 2 aliphatic carbocycles. The Morgan fingerprint density at radius 2 is 1.71 bits per heavy atom. The smallest absolute Gasteiger partial charge is 0.408 e. The molecular formula is C32H44N4O6. The first-order chi connectivity index (χ1) is 19.7. The van der Waals surface area contributed by atoms with Crippen molar-refractivity contribution in [2.45, 2.75) is 84.5 Å². The number of carbonyl (C=O) groups excluding carboxylic acids is 5. The summed E-state index contributed by atoms with van der Waals surface area (Å²) in [6.07, 6.45) is 2.06. The van der Waals surface area contributed by atoms with Crippen LogP contribution in [0.1, 0.15) is 59.1 Å². The number of nitrogens with zero attached hydrogens (tertiary/aromatic N) is 1. The van der Waals surface area contributed by atoms with Crippen LogP contribution in [0, 0.1) is 23.2 Å². The van der Waals surface area contributed by atoms with Crippen LogP contribution >= 0.6 is 0 Å². The minimum Gasteiger partial charge on any atom is -0.444 e. The summed E-state index contributed by atoms with van der Waals surface area (Å²) in [5.74, 6) is -2.63. The van der Waals surface area contributed by atoms with Gasteiger partial charge in [-0.3, -0.25) is 19.2 Å². The molecule has 42 heavy (non-hydrogen) atoms. The molecule has 0 spiro atoms. The summed E-state index contributed by atoms with van der Waals surface area (Å²) in [4.78, 5) is 67.8. The number of ketones is 1. The number of ether oxygens (including phenoxy) is 1. The second-order valence-electron chi connectivity index (χ2n) is 13.3. The first kappa shape index (κ1) is 31.3. The fourth-order valence-corrected chi connectivity index (χ4v) is 6.70. The number of rotatable bonds is 10. The van der Waals surface area contributed by atoms with E-state index in [0.29, 0.717) is 19.4 Å². The van der Waals surface area contributed by atoms with Gasteiger partial charge in [0.15, 0.2) is 0 Å². The van der Waals surface area contributed by atoms with Crippen molar-refractivity contribution in [1.29, 1.82) is 0 Å². The molecule has 10 heteroatoms. The van der Waals surface area contributed by atoms with Gasteiger partial charge in [-0.15, -0.1) is 6.58 Å². The number of hydrogen-bond donors (Lipinski definition) is 3. The van der Waals surface area contributed by atoms with Crippen LogP contribution in [0.25, 0.3) is 0 Å². The van der Waals surface area contributed by atoms with Crippen molar-refractivity contribution in [1.82, 2.24) is 20.9 Å². The summed E-state index contributed by atoms with van der Waals surface area (Å²) in [5, 5.41) is 8.07. The lowest BCUT2D eigenvalue weighted by atomic mass is 9.93. The second kappa shape index (κ2) is 11.9. The van der Waals surface area contributed by atoms with Gasteiger partial charge in [0.2, 0.25) is 17.6 Å². The Morgan fingerprint density at radius 3 is 2.26 bits per heavy atom. The molecule has 1 aromatic rings. The minimum absolute atomic E-state index is 0.0724. The monoisotopic (exact) mass is 580 g/mol. The number of likely N-dealkylation sites (N-methyl/N-ethyl adjacent to an activating group) is 1. The molecule has 2 fully saturated rings. The molecule has 1 aliphatic heterocycles. The number of piperidine rings is 1. The predicted octanol–water partition coefficient (Wildman–Crippen LogP) is 2.54. The number of nitrogens with one attached hydrogen (secondary N) is 3. The Balaban J connectivity index is 1.60. The highest BCUT2D eigenvalue weighted by Crippen LogP contribution is 2.65. The summed E-state index contributed by atoms with van der Waals surface area (Å²) >= 11 is 0. The Labute approximate surface area is 248 Å². The molecule has 0 bridgehead atoms. The van der Waals surface area contributed by atoms with E-state index >= 15 is 0 Å². The third-order valence-electron chi connectivity index (χ3n) is 8.85. The van der Waals surface area contributed by atoms with Crippen molar-refractivity contribution in [3.63, 3.8) is 0 Å². The largest absolute Gasteiger partial charge is 0.444 e. The summed E-state index contributed by atoms with van der Waals surface area (Å²) in [6, 6.07) is 5.11. The van der Waals surface area contributed by atoms with Crippen LogP contribution in [-0.2, 0) is 36.8 Å². The maximum Gasteiger partial charge on any atom is 0.408 e. The van der Waals surface area contributed by atoms with Gasteiger partial charge in [-0.1, -0.05) is 44.2 Å². The first-order valence-electron chi connectivity index (χ1n) is 14.8. The lowest BCUT2D eigenvalue weighted by Gasteiger charge is -2.35. The van der Waals surface area contributed by atoms with Crippen molar-refractivity contribution in [3.8, 4) is 0 Å². The molecule has 10 nitrogen and oxygen atoms in total. The highest BCUT2D eigenvalue weighted by Gasteiger charge is 2.69. The number of amides is 4. The third kappa shape index (κ3) is 6.37. The highest BCUT2D eigenvalue weighted by atomic mass is 16.6. The molecule has 4 amide bonds. The summed E-state index contributed by atoms with van der Waals surface area (Å²) in [6.45, 7) is 15.4. The van der Waals surface area contributed by atoms with Gasteiger partial charge in [-0.25, -0.2) is 4.79 Å². The third-order valence-corrected chi connectivity index (χ3v) is 8.85. The van der Waals surface area contributed by atoms with E-state index in [0.717, 1.165) is 11.1 Å². The van der Waals surface area contributed by atoms with E-state index in [1.165, 1.54) is 6.08 Å². The number of likely N-dealkylation sites (tertiary alicyclic amines) is 1. The molecule has 4 rings (SSSR count). The van der Waals surface area contributed by atoms with Crippen LogP contribution < -0.4 is 16.0 Å². The zero-order chi connectivity index (χ0) is 31.0. The molecule has 1 saturated carbocycles. The van der Waals surface area contributed by atoms with Crippen molar-refractivity contribution in [3.05, 3.63) is 48.0 Å². The van der Waals surface area contributed by atoms with Crippen LogP contribution in [0.4, 0.5) is 4.79 Å². The van der Waals surface area contributed by atoms with Crippen LogP contribution in [-0.4, -0.2) is 71.3 Å². The second-order valence-corrected chi connectivity index (χ2v) is 13.3. The lowest BCUT2D eigenvalue weighted by molar-refractivity contribution is -0.144. The van der Waals surface area contributed by atoms with Crippen molar-refractivity contribution in [2.75, 3.05) is 13.1 Å². The van der Waals surface area contributed by atoms with Gasteiger partial charge in [0.05, 0.1) is 0 Å². The number of hydrogen-bond acceptors (Lipinski definition) is 6. The van der Waals surface area contributed by atoms with Gasteiger partial charge in [0, 0.05) is 13.1 Å². The van der Waals surface area contributed by atoms with Crippen molar-refractivity contribution in [2.24, 2.45) is 23.2 Å².